The van der Waals surface area contributed by atoms with Crippen molar-refractivity contribution in [3.63, 3.8) is 0 Å². The fourth-order valence-electron chi connectivity index (χ4n) is 2.91. The maximum absolute atomic E-state index is 12.1. The van der Waals surface area contributed by atoms with E-state index in [2.05, 4.69) is 10.6 Å². The molecule has 6 heteroatoms. The number of carbonyl (C=O) groups excluding carboxylic acids is 2. The van der Waals surface area contributed by atoms with Gasteiger partial charge in [-0.25, -0.2) is 0 Å². The second-order valence-electron chi connectivity index (χ2n) is 6.10. The van der Waals surface area contributed by atoms with E-state index in [9.17, 15) is 9.59 Å². The van der Waals surface area contributed by atoms with E-state index in [0.29, 0.717) is 13.0 Å². The van der Waals surface area contributed by atoms with E-state index in [1.54, 1.807) is 0 Å². The maximum Gasteiger partial charge on any atom is 0.249 e. The predicted octanol–water partition coefficient (Wildman–Crippen LogP) is 1.17. The van der Waals surface area contributed by atoms with Crippen LogP contribution in [0.15, 0.2) is 12.1 Å². The Morgan fingerprint density at radius 2 is 1.87 bits per heavy atom. The number of ether oxygens (including phenoxy) is 1. The van der Waals surface area contributed by atoms with Crippen LogP contribution in [0.25, 0.3) is 0 Å². The molecule has 1 aromatic rings. The highest BCUT2D eigenvalue weighted by molar-refractivity contribution is 5.96. The number of nitrogens with one attached hydrogen (secondary N) is 2. The van der Waals surface area contributed by atoms with Gasteiger partial charge in [0.15, 0.2) is 0 Å². The van der Waals surface area contributed by atoms with E-state index in [1.165, 1.54) is 0 Å². The first-order valence-corrected chi connectivity index (χ1v) is 7.91. The average Bonchev–Trinajstić information content (AvgIpc) is 2.97. The Labute approximate surface area is 136 Å². The molecule has 0 aliphatic carbocycles. The Hall–Kier alpha value is -1.92. The monoisotopic (exact) mass is 319 g/mol. The summed E-state index contributed by atoms with van der Waals surface area (Å²) in [6.45, 7) is 6.26. The molecule has 1 aliphatic rings. The maximum atomic E-state index is 12.1. The summed E-state index contributed by atoms with van der Waals surface area (Å²) in [5, 5.41) is 5.48. The zero-order chi connectivity index (χ0) is 17.0. The summed E-state index contributed by atoms with van der Waals surface area (Å²) in [6, 6.07) is 4.03. The number of anilines is 1. The van der Waals surface area contributed by atoms with Crippen LogP contribution in [0, 0.1) is 20.8 Å². The van der Waals surface area contributed by atoms with Crippen molar-refractivity contribution >= 4 is 17.5 Å². The summed E-state index contributed by atoms with van der Waals surface area (Å²) in [4.78, 5) is 24.0. The molecule has 1 aliphatic heterocycles. The molecule has 6 nitrogen and oxygen atoms in total. The second-order valence-corrected chi connectivity index (χ2v) is 6.10. The first-order chi connectivity index (χ1) is 10.9. The number of hydrogen-bond acceptors (Lipinski definition) is 4. The summed E-state index contributed by atoms with van der Waals surface area (Å²) in [5.41, 5.74) is 9.49. The Morgan fingerprint density at radius 1 is 1.22 bits per heavy atom. The van der Waals surface area contributed by atoms with Gasteiger partial charge in [0, 0.05) is 12.2 Å². The third-order valence-corrected chi connectivity index (χ3v) is 4.03. The van der Waals surface area contributed by atoms with Crippen LogP contribution >= 0.6 is 0 Å². The Morgan fingerprint density at radius 3 is 2.43 bits per heavy atom. The van der Waals surface area contributed by atoms with Gasteiger partial charge < -0.3 is 21.1 Å². The first-order valence-electron chi connectivity index (χ1n) is 7.91. The highest BCUT2D eigenvalue weighted by Gasteiger charge is 2.29. The van der Waals surface area contributed by atoms with Gasteiger partial charge in [-0.15, -0.1) is 0 Å². The Kier molecular flexibility index (Phi) is 5.74. The number of amides is 2. The second kappa shape index (κ2) is 7.57. The molecule has 0 bridgehead atoms. The third kappa shape index (κ3) is 4.53. The van der Waals surface area contributed by atoms with Crippen molar-refractivity contribution in [2.75, 3.05) is 18.4 Å². The van der Waals surface area contributed by atoms with E-state index in [-0.39, 0.29) is 24.5 Å². The lowest BCUT2D eigenvalue weighted by molar-refractivity contribution is -0.133. The molecule has 2 atom stereocenters. The fraction of sp³-hybridized carbons (Fsp3) is 0.529. The minimum Gasteiger partial charge on any atom is -0.364 e. The predicted molar refractivity (Wildman–Crippen MR) is 89.2 cm³/mol. The van der Waals surface area contributed by atoms with Crippen LogP contribution in [0.4, 0.5) is 5.69 Å². The smallest absolute Gasteiger partial charge is 0.249 e. The first kappa shape index (κ1) is 17.4. The Balaban J connectivity index is 1.85. The molecule has 126 valence electrons. The van der Waals surface area contributed by atoms with E-state index in [4.69, 9.17) is 10.5 Å². The lowest BCUT2D eigenvalue weighted by Crippen LogP contribution is -2.39. The molecular weight excluding hydrogens is 294 g/mol. The van der Waals surface area contributed by atoms with E-state index in [1.807, 2.05) is 32.9 Å². The summed E-state index contributed by atoms with van der Waals surface area (Å²) in [7, 11) is 0. The van der Waals surface area contributed by atoms with Crippen LogP contribution < -0.4 is 16.4 Å². The van der Waals surface area contributed by atoms with E-state index < -0.39 is 6.10 Å². The van der Waals surface area contributed by atoms with Crippen LogP contribution in [0.5, 0.6) is 0 Å². The fourth-order valence-corrected chi connectivity index (χ4v) is 2.91. The lowest BCUT2D eigenvalue weighted by atomic mass is 10.1. The minimum atomic E-state index is -0.501. The molecule has 0 aromatic heterocycles. The molecule has 0 radical (unpaired) electrons. The van der Waals surface area contributed by atoms with Crippen LogP contribution in [-0.4, -0.2) is 37.1 Å². The SMILES string of the molecule is Cc1cc(C)c(NC(=O)CNC(=O)[C@@H]2CC[C@H](CN)O2)c(C)c1. The van der Waals surface area contributed by atoms with E-state index >= 15 is 0 Å². The van der Waals surface area contributed by atoms with Gasteiger partial charge in [0.2, 0.25) is 11.8 Å². The van der Waals surface area contributed by atoms with Crippen molar-refractivity contribution in [3.05, 3.63) is 28.8 Å². The molecule has 1 saturated heterocycles. The van der Waals surface area contributed by atoms with Crippen molar-refractivity contribution in [2.24, 2.45) is 5.73 Å². The topological polar surface area (TPSA) is 93.5 Å². The quantitative estimate of drug-likeness (QED) is 0.759. The average molecular weight is 319 g/mol. The zero-order valence-electron chi connectivity index (χ0n) is 13.9. The lowest BCUT2D eigenvalue weighted by Gasteiger charge is -2.15. The number of rotatable bonds is 5. The van der Waals surface area contributed by atoms with Crippen LogP contribution in [0.2, 0.25) is 0 Å². The number of carbonyl (C=O) groups is 2. The summed E-state index contributed by atoms with van der Waals surface area (Å²) in [6.07, 6.45) is 0.866. The van der Waals surface area contributed by atoms with Crippen LogP contribution in [0.1, 0.15) is 29.5 Å². The van der Waals surface area contributed by atoms with Crippen molar-refractivity contribution < 1.29 is 14.3 Å². The number of hydrogen-bond donors (Lipinski definition) is 3. The molecule has 0 saturated carbocycles. The van der Waals surface area contributed by atoms with Gasteiger partial charge in [0.1, 0.15) is 6.10 Å². The molecule has 4 N–H and O–H groups in total. The molecule has 2 rings (SSSR count). The van der Waals surface area contributed by atoms with Gasteiger partial charge in [0.25, 0.3) is 0 Å². The number of nitrogens with two attached hydrogens (primary N) is 1. The van der Waals surface area contributed by atoms with Crippen molar-refractivity contribution in [1.29, 1.82) is 0 Å². The van der Waals surface area contributed by atoms with Crippen LogP contribution in [0.3, 0.4) is 0 Å². The van der Waals surface area contributed by atoms with Crippen molar-refractivity contribution in [3.8, 4) is 0 Å². The summed E-state index contributed by atoms with van der Waals surface area (Å²) < 4.78 is 5.51. The molecule has 1 aromatic carbocycles. The molecule has 2 amide bonds. The number of aryl methyl sites for hydroxylation is 3. The molecule has 0 spiro atoms. The van der Waals surface area contributed by atoms with Gasteiger partial charge in [-0.2, -0.15) is 0 Å². The van der Waals surface area contributed by atoms with Gasteiger partial charge in [-0.05, 0) is 44.7 Å². The molecule has 0 unspecified atom stereocenters. The summed E-state index contributed by atoms with van der Waals surface area (Å²) in [5.74, 6) is -0.504. The normalized spacial score (nSPS) is 20.3. The van der Waals surface area contributed by atoms with Crippen molar-refractivity contribution in [1.82, 2.24) is 5.32 Å². The largest absolute Gasteiger partial charge is 0.364 e. The van der Waals surface area contributed by atoms with Gasteiger partial charge in [0.05, 0.1) is 12.6 Å². The zero-order valence-corrected chi connectivity index (χ0v) is 13.9. The van der Waals surface area contributed by atoms with Gasteiger partial charge in [-0.1, -0.05) is 17.7 Å². The van der Waals surface area contributed by atoms with Crippen LogP contribution in [-0.2, 0) is 14.3 Å². The molecule has 1 fully saturated rings. The number of benzene rings is 1. The van der Waals surface area contributed by atoms with Gasteiger partial charge >= 0.3 is 0 Å². The highest BCUT2D eigenvalue weighted by Crippen LogP contribution is 2.22. The standard InChI is InChI=1S/C17H25N3O3/c1-10-6-11(2)16(12(3)7-10)20-15(21)9-19-17(22)14-5-4-13(8-18)23-14/h6-7,13-14H,4-5,8-9,18H2,1-3H3,(H,19,22)(H,20,21)/t13-,14+/m1/s1. The molecule has 1 heterocycles. The van der Waals surface area contributed by atoms with Crippen molar-refractivity contribution in [2.45, 2.75) is 45.8 Å². The minimum absolute atomic E-state index is 0.0579. The Bertz CT molecular complexity index is 578. The van der Waals surface area contributed by atoms with E-state index in [0.717, 1.165) is 28.8 Å². The third-order valence-electron chi connectivity index (χ3n) is 4.03. The molecular formula is C17H25N3O3. The van der Waals surface area contributed by atoms with Gasteiger partial charge in [-0.3, -0.25) is 9.59 Å². The molecule has 23 heavy (non-hydrogen) atoms. The summed E-state index contributed by atoms with van der Waals surface area (Å²) >= 11 is 0. The highest BCUT2D eigenvalue weighted by atomic mass is 16.5.